The van der Waals surface area contributed by atoms with Gasteiger partial charge in [-0.2, -0.15) is 0 Å². The number of aromatic amines is 1. The lowest BCUT2D eigenvalue weighted by molar-refractivity contribution is 0.0672. The first-order chi connectivity index (χ1) is 9.09. The maximum atomic E-state index is 11.2. The summed E-state index contributed by atoms with van der Waals surface area (Å²) in [6.07, 6.45) is 0. The van der Waals surface area contributed by atoms with Gasteiger partial charge in [-0.25, -0.2) is 9.59 Å². The molecule has 0 radical (unpaired) electrons. The zero-order valence-electron chi connectivity index (χ0n) is 9.41. The Balaban J connectivity index is 2.58. The third-order valence-electron chi connectivity index (χ3n) is 2.83. The maximum absolute atomic E-state index is 11.2. The standard InChI is InChI=1S/C12H7N3O4/c16-11(17)9-7-5-3-1-2-4-6(5)13-8(7)10(12(18)19)15-14-9/h1-4,13H,(H,16,17)(H,18,19). The van der Waals surface area contributed by atoms with Gasteiger partial charge in [-0.3, -0.25) is 0 Å². The van der Waals surface area contributed by atoms with Crippen molar-refractivity contribution in [3.63, 3.8) is 0 Å². The molecule has 7 nitrogen and oxygen atoms in total. The van der Waals surface area contributed by atoms with Gasteiger partial charge in [-0.05, 0) is 6.07 Å². The summed E-state index contributed by atoms with van der Waals surface area (Å²) in [5.74, 6) is -2.51. The molecule has 94 valence electrons. The first-order valence-electron chi connectivity index (χ1n) is 5.33. The van der Waals surface area contributed by atoms with Crippen molar-refractivity contribution in [3.05, 3.63) is 35.7 Å². The van der Waals surface area contributed by atoms with Crippen molar-refractivity contribution in [2.75, 3.05) is 0 Å². The van der Waals surface area contributed by atoms with Gasteiger partial charge in [0.05, 0.1) is 5.52 Å². The van der Waals surface area contributed by atoms with Crippen LogP contribution in [0.25, 0.3) is 21.8 Å². The van der Waals surface area contributed by atoms with Crippen molar-refractivity contribution in [1.29, 1.82) is 0 Å². The Morgan fingerprint density at radius 3 is 2.32 bits per heavy atom. The largest absolute Gasteiger partial charge is 0.476 e. The van der Waals surface area contributed by atoms with E-state index in [1.807, 2.05) is 0 Å². The molecule has 3 aromatic rings. The van der Waals surface area contributed by atoms with E-state index < -0.39 is 11.9 Å². The second kappa shape index (κ2) is 3.77. The Labute approximate surface area is 105 Å². The van der Waals surface area contributed by atoms with Crippen LogP contribution in [0.3, 0.4) is 0 Å². The fourth-order valence-electron chi connectivity index (χ4n) is 2.06. The van der Waals surface area contributed by atoms with Crippen molar-refractivity contribution >= 4 is 33.7 Å². The molecule has 7 heteroatoms. The summed E-state index contributed by atoms with van der Waals surface area (Å²) in [6.45, 7) is 0. The van der Waals surface area contributed by atoms with Crippen LogP contribution in [0.5, 0.6) is 0 Å². The Kier molecular flexibility index (Phi) is 2.21. The van der Waals surface area contributed by atoms with Crippen LogP contribution in [-0.4, -0.2) is 37.3 Å². The molecule has 0 saturated heterocycles. The molecule has 2 aromatic heterocycles. The van der Waals surface area contributed by atoms with Gasteiger partial charge < -0.3 is 15.2 Å². The summed E-state index contributed by atoms with van der Waals surface area (Å²) in [6, 6.07) is 6.93. The quantitative estimate of drug-likeness (QED) is 0.640. The third kappa shape index (κ3) is 1.52. The number of carbonyl (C=O) groups is 2. The molecule has 0 fully saturated rings. The van der Waals surface area contributed by atoms with Crippen molar-refractivity contribution in [2.24, 2.45) is 0 Å². The molecule has 0 unspecified atom stereocenters. The Morgan fingerprint density at radius 2 is 1.63 bits per heavy atom. The number of carboxylic acid groups (broad SMARTS) is 2. The molecule has 0 bridgehead atoms. The number of rotatable bonds is 2. The van der Waals surface area contributed by atoms with E-state index in [1.54, 1.807) is 24.3 Å². The van der Waals surface area contributed by atoms with Crippen molar-refractivity contribution in [1.82, 2.24) is 15.2 Å². The SMILES string of the molecule is O=C(O)c1nnc(C(=O)O)c2c1[nH]c1ccccc12. The molecule has 0 aliphatic rings. The van der Waals surface area contributed by atoms with Gasteiger partial charge in [0.2, 0.25) is 0 Å². The van der Waals surface area contributed by atoms with Gasteiger partial charge in [0.1, 0.15) is 0 Å². The average Bonchev–Trinajstić information content (AvgIpc) is 2.76. The van der Waals surface area contributed by atoms with E-state index in [2.05, 4.69) is 15.2 Å². The van der Waals surface area contributed by atoms with Crippen LogP contribution in [0.4, 0.5) is 0 Å². The zero-order chi connectivity index (χ0) is 13.6. The highest BCUT2D eigenvalue weighted by Crippen LogP contribution is 2.28. The van der Waals surface area contributed by atoms with E-state index >= 15 is 0 Å². The number of aromatic carboxylic acids is 2. The normalized spacial score (nSPS) is 10.9. The molecular weight excluding hydrogens is 250 g/mol. The number of H-pyrrole nitrogens is 1. The smallest absolute Gasteiger partial charge is 0.358 e. The number of nitrogens with one attached hydrogen (secondary N) is 1. The molecule has 1 aromatic carbocycles. The van der Waals surface area contributed by atoms with Gasteiger partial charge in [-0.15, -0.1) is 10.2 Å². The summed E-state index contributed by atoms with van der Waals surface area (Å²) in [5, 5.41) is 26.0. The number of para-hydroxylation sites is 1. The summed E-state index contributed by atoms with van der Waals surface area (Å²) < 4.78 is 0. The fraction of sp³-hybridized carbons (Fsp3) is 0. The fourth-order valence-corrected chi connectivity index (χ4v) is 2.06. The average molecular weight is 257 g/mol. The third-order valence-corrected chi connectivity index (χ3v) is 2.83. The molecule has 3 N–H and O–H groups in total. The molecule has 0 aliphatic heterocycles. The van der Waals surface area contributed by atoms with Gasteiger partial charge in [0.15, 0.2) is 11.4 Å². The minimum atomic E-state index is -1.26. The monoisotopic (exact) mass is 257 g/mol. The highest BCUT2D eigenvalue weighted by Gasteiger charge is 2.22. The Bertz CT molecular complexity index is 837. The molecular formula is C12H7N3O4. The van der Waals surface area contributed by atoms with Gasteiger partial charge in [0.25, 0.3) is 0 Å². The number of benzene rings is 1. The first kappa shape index (κ1) is 11.1. The Morgan fingerprint density at radius 1 is 1.00 bits per heavy atom. The maximum Gasteiger partial charge on any atom is 0.358 e. The molecule has 2 heterocycles. The topological polar surface area (TPSA) is 116 Å². The number of fused-ring (bicyclic) bond motifs is 3. The van der Waals surface area contributed by atoms with E-state index in [-0.39, 0.29) is 22.3 Å². The highest BCUT2D eigenvalue weighted by atomic mass is 16.4. The number of hydrogen-bond acceptors (Lipinski definition) is 4. The van der Waals surface area contributed by atoms with E-state index in [1.165, 1.54) is 0 Å². The second-order valence-corrected chi connectivity index (χ2v) is 3.93. The lowest BCUT2D eigenvalue weighted by Gasteiger charge is -1.99. The number of aromatic nitrogens is 3. The van der Waals surface area contributed by atoms with Crippen LogP contribution in [0.2, 0.25) is 0 Å². The van der Waals surface area contributed by atoms with Gasteiger partial charge in [-0.1, -0.05) is 18.2 Å². The van der Waals surface area contributed by atoms with E-state index in [4.69, 9.17) is 10.2 Å². The summed E-state index contributed by atoms with van der Waals surface area (Å²) in [4.78, 5) is 25.2. The lowest BCUT2D eigenvalue weighted by atomic mass is 10.1. The van der Waals surface area contributed by atoms with Crippen LogP contribution in [0, 0.1) is 0 Å². The van der Waals surface area contributed by atoms with Crippen molar-refractivity contribution < 1.29 is 19.8 Å². The van der Waals surface area contributed by atoms with Crippen LogP contribution < -0.4 is 0 Å². The van der Waals surface area contributed by atoms with Crippen LogP contribution in [0.1, 0.15) is 21.0 Å². The molecule has 0 amide bonds. The molecule has 0 spiro atoms. The molecule has 19 heavy (non-hydrogen) atoms. The summed E-state index contributed by atoms with van der Waals surface area (Å²) >= 11 is 0. The van der Waals surface area contributed by atoms with Gasteiger partial charge in [0, 0.05) is 16.3 Å². The van der Waals surface area contributed by atoms with E-state index in [0.29, 0.717) is 10.9 Å². The Hall–Kier alpha value is -2.96. The lowest BCUT2D eigenvalue weighted by Crippen LogP contribution is -2.09. The van der Waals surface area contributed by atoms with E-state index in [0.717, 1.165) is 0 Å². The van der Waals surface area contributed by atoms with Gasteiger partial charge >= 0.3 is 11.9 Å². The first-order valence-corrected chi connectivity index (χ1v) is 5.33. The van der Waals surface area contributed by atoms with E-state index in [9.17, 15) is 9.59 Å². The molecule has 0 aliphatic carbocycles. The zero-order valence-corrected chi connectivity index (χ0v) is 9.41. The summed E-state index contributed by atoms with van der Waals surface area (Å²) in [5.41, 5.74) is 0.243. The summed E-state index contributed by atoms with van der Waals surface area (Å²) in [7, 11) is 0. The predicted octanol–water partition coefficient (Wildman–Crippen LogP) is 1.51. The minimum Gasteiger partial charge on any atom is -0.476 e. The highest BCUT2D eigenvalue weighted by molar-refractivity contribution is 6.18. The van der Waals surface area contributed by atoms with Crippen LogP contribution in [-0.2, 0) is 0 Å². The number of hydrogen-bond donors (Lipinski definition) is 3. The van der Waals surface area contributed by atoms with Crippen LogP contribution in [0.15, 0.2) is 24.3 Å². The number of nitrogens with zero attached hydrogens (tertiary/aromatic N) is 2. The molecule has 0 saturated carbocycles. The van der Waals surface area contributed by atoms with Crippen LogP contribution >= 0.6 is 0 Å². The predicted molar refractivity (Wildman–Crippen MR) is 65.3 cm³/mol. The molecule has 3 rings (SSSR count). The minimum absolute atomic E-state index is 0.168. The second-order valence-electron chi connectivity index (χ2n) is 3.93. The van der Waals surface area contributed by atoms with Crippen molar-refractivity contribution in [3.8, 4) is 0 Å². The molecule has 0 atom stereocenters. The van der Waals surface area contributed by atoms with Crippen molar-refractivity contribution in [2.45, 2.75) is 0 Å². The number of carboxylic acids is 2.